The largest absolute Gasteiger partial charge is 0.323 e. The Kier molecular flexibility index (Phi) is 4.34. The summed E-state index contributed by atoms with van der Waals surface area (Å²) in [5, 5.41) is 1.57. The monoisotopic (exact) mass is 323 g/mol. The molecule has 5 heteroatoms. The Morgan fingerprint density at radius 1 is 1.25 bits per heavy atom. The van der Waals surface area contributed by atoms with E-state index in [9.17, 15) is 4.79 Å². The molecule has 2 heterocycles. The summed E-state index contributed by atoms with van der Waals surface area (Å²) in [6.45, 7) is 0.766. The highest BCUT2D eigenvalue weighted by atomic mass is 35.5. The van der Waals surface area contributed by atoms with Gasteiger partial charge in [0.2, 0.25) is 5.91 Å². The van der Waals surface area contributed by atoms with Gasteiger partial charge in [-0.25, -0.2) is 0 Å². The molecule has 1 amide bonds. The van der Waals surface area contributed by atoms with E-state index in [1.54, 1.807) is 23.1 Å². The predicted octanol–water partition coefficient (Wildman–Crippen LogP) is 4.30. The molecule has 0 N–H and O–H groups in total. The first-order chi connectivity index (χ1) is 9.77. The zero-order chi connectivity index (χ0) is 13.9. The standard InChI is InChI=1S/C15H14ClNOS2/c16-13(11-5-2-1-3-6-11)14(18)17-8-10-20-15(17)12-7-4-9-19-12/h1-7,9,13,15H,8,10H2/t13-,15-/m0/s1. The topological polar surface area (TPSA) is 20.3 Å². The second kappa shape index (κ2) is 6.20. The third-order valence-corrected chi connectivity index (χ3v) is 6.02. The molecular weight excluding hydrogens is 310 g/mol. The Hall–Kier alpha value is -0.970. The molecule has 2 aromatic rings. The second-order valence-electron chi connectivity index (χ2n) is 4.54. The molecule has 1 fully saturated rings. The van der Waals surface area contributed by atoms with Crippen LogP contribution in [0.5, 0.6) is 0 Å². The maximum atomic E-state index is 12.6. The van der Waals surface area contributed by atoms with E-state index in [-0.39, 0.29) is 11.3 Å². The first-order valence-electron chi connectivity index (χ1n) is 6.42. The van der Waals surface area contributed by atoms with Crippen molar-refractivity contribution < 1.29 is 4.79 Å². The molecule has 1 saturated heterocycles. The number of carbonyl (C=O) groups excluding carboxylic acids is 1. The minimum absolute atomic E-state index is 0.00117. The van der Waals surface area contributed by atoms with Crippen LogP contribution in [0.15, 0.2) is 47.8 Å². The SMILES string of the molecule is O=C([C@@H](Cl)c1ccccc1)N1CCS[C@H]1c1cccs1. The average Bonchev–Trinajstić information content (AvgIpc) is 3.16. The summed E-state index contributed by atoms with van der Waals surface area (Å²) in [5.41, 5.74) is 0.862. The summed E-state index contributed by atoms with van der Waals surface area (Å²) < 4.78 is 0. The normalized spacial score (nSPS) is 20.1. The number of alkyl halides is 1. The lowest BCUT2D eigenvalue weighted by atomic mass is 10.1. The zero-order valence-electron chi connectivity index (χ0n) is 10.7. The lowest BCUT2D eigenvalue weighted by molar-refractivity contribution is -0.131. The van der Waals surface area contributed by atoms with E-state index < -0.39 is 5.38 Å². The summed E-state index contributed by atoms with van der Waals surface area (Å²) in [4.78, 5) is 15.8. The second-order valence-corrected chi connectivity index (χ2v) is 7.15. The molecule has 0 aliphatic carbocycles. The van der Waals surface area contributed by atoms with E-state index in [1.165, 1.54) is 4.88 Å². The van der Waals surface area contributed by atoms with Crippen molar-refractivity contribution in [3.05, 3.63) is 58.3 Å². The maximum absolute atomic E-state index is 12.6. The number of thioether (sulfide) groups is 1. The number of halogens is 1. The molecule has 0 bridgehead atoms. The van der Waals surface area contributed by atoms with Gasteiger partial charge < -0.3 is 4.90 Å². The molecule has 0 radical (unpaired) electrons. The third kappa shape index (κ3) is 2.73. The predicted molar refractivity (Wildman–Crippen MR) is 86.3 cm³/mol. The van der Waals surface area contributed by atoms with Crippen molar-refractivity contribution in [3.63, 3.8) is 0 Å². The van der Waals surface area contributed by atoms with Crippen molar-refractivity contribution in [2.24, 2.45) is 0 Å². The van der Waals surface area contributed by atoms with Crippen molar-refractivity contribution in [3.8, 4) is 0 Å². The number of nitrogens with zero attached hydrogens (tertiary/aromatic N) is 1. The zero-order valence-corrected chi connectivity index (χ0v) is 13.1. The molecule has 104 valence electrons. The number of hydrogen-bond acceptors (Lipinski definition) is 3. The summed E-state index contributed by atoms with van der Waals surface area (Å²) >= 11 is 9.86. The van der Waals surface area contributed by atoms with E-state index in [0.29, 0.717) is 0 Å². The van der Waals surface area contributed by atoms with E-state index in [2.05, 4.69) is 6.07 Å². The fraction of sp³-hybridized carbons (Fsp3) is 0.267. The number of thiophene rings is 1. The van der Waals surface area contributed by atoms with Crippen LogP contribution in [0.3, 0.4) is 0 Å². The number of benzene rings is 1. The molecule has 1 aliphatic rings. The molecule has 2 atom stereocenters. The van der Waals surface area contributed by atoms with Gasteiger partial charge in [0.15, 0.2) is 0 Å². The molecule has 1 aromatic heterocycles. The van der Waals surface area contributed by atoms with Gasteiger partial charge in [0.1, 0.15) is 10.8 Å². The van der Waals surface area contributed by atoms with Gasteiger partial charge in [0, 0.05) is 17.2 Å². The quantitative estimate of drug-likeness (QED) is 0.785. The Morgan fingerprint density at radius 2 is 2.05 bits per heavy atom. The summed E-state index contributed by atoms with van der Waals surface area (Å²) in [6.07, 6.45) is 0. The van der Waals surface area contributed by atoms with E-state index in [1.807, 2.05) is 46.7 Å². The Balaban J connectivity index is 1.79. The highest BCUT2D eigenvalue weighted by Crippen LogP contribution is 2.41. The molecular formula is C15H14ClNOS2. The fourth-order valence-electron chi connectivity index (χ4n) is 2.27. The minimum Gasteiger partial charge on any atom is -0.323 e. The lowest BCUT2D eigenvalue weighted by Gasteiger charge is -2.25. The first kappa shape index (κ1) is 14.0. The van der Waals surface area contributed by atoms with Gasteiger partial charge in [-0.15, -0.1) is 34.7 Å². The Morgan fingerprint density at radius 3 is 2.75 bits per heavy atom. The number of carbonyl (C=O) groups is 1. The van der Waals surface area contributed by atoms with Gasteiger partial charge in [-0.3, -0.25) is 4.79 Å². The van der Waals surface area contributed by atoms with Crippen LogP contribution in [0, 0.1) is 0 Å². The van der Waals surface area contributed by atoms with Crippen LogP contribution in [0.2, 0.25) is 0 Å². The fourth-order valence-corrected chi connectivity index (χ4v) is 4.79. The van der Waals surface area contributed by atoms with Crippen molar-refractivity contribution in [2.75, 3.05) is 12.3 Å². The van der Waals surface area contributed by atoms with Crippen LogP contribution in [0.4, 0.5) is 0 Å². The molecule has 0 unspecified atom stereocenters. The smallest absolute Gasteiger partial charge is 0.246 e. The van der Waals surface area contributed by atoms with Crippen LogP contribution < -0.4 is 0 Å². The summed E-state index contributed by atoms with van der Waals surface area (Å²) in [6, 6.07) is 13.7. The Bertz CT molecular complexity index is 573. The molecule has 0 spiro atoms. The number of hydrogen-bond donors (Lipinski definition) is 0. The van der Waals surface area contributed by atoms with Gasteiger partial charge in [0.05, 0.1) is 0 Å². The molecule has 2 nitrogen and oxygen atoms in total. The van der Waals surface area contributed by atoms with Crippen LogP contribution in [0.1, 0.15) is 21.2 Å². The first-order valence-corrected chi connectivity index (χ1v) is 8.78. The van der Waals surface area contributed by atoms with E-state index in [4.69, 9.17) is 11.6 Å². The lowest BCUT2D eigenvalue weighted by Crippen LogP contribution is -2.32. The summed E-state index contributed by atoms with van der Waals surface area (Å²) in [7, 11) is 0. The van der Waals surface area contributed by atoms with Crippen molar-refractivity contribution in [1.29, 1.82) is 0 Å². The minimum atomic E-state index is -0.600. The van der Waals surface area contributed by atoms with Crippen LogP contribution >= 0.6 is 34.7 Å². The van der Waals surface area contributed by atoms with Gasteiger partial charge >= 0.3 is 0 Å². The van der Waals surface area contributed by atoms with Crippen LogP contribution in [0.25, 0.3) is 0 Å². The molecule has 3 rings (SSSR count). The van der Waals surface area contributed by atoms with Gasteiger partial charge in [-0.1, -0.05) is 36.4 Å². The number of amides is 1. The van der Waals surface area contributed by atoms with Gasteiger partial charge in [0.25, 0.3) is 0 Å². The van der Waals surface area contributed by atoms with Crippen molar-refractivity contribution >= 4 is 40.6 Å². The highest BCUT2D eigenvalue weighted by Gasteiger charge is 2.34. The molecule has 0 saturated carbocycles. The van der Waals surface area contributed by atoms with Crippen LogP contribution in [-0.4, -0.2) is 23.1 Å². The summed E-state index contributed by atoms with van der Waals surface area (Å²) in [5.74, 6) is 0.966. The Labute approximate surface area is 131 Å². The van der Waals surface area contributed by atoms with Gasteiger partial charge in [-0.05, 0) is 17.0 Å². The highest BCUT2D eigenvalue weighted by molar-refractivity contribution is 7.99. The maximum Gasteiger partial charge on any atom is 0.246 e. The third-order valence-electron chi connectivity index (χ3n) is 3.27. The van der Waals surface area contributed by atoms with Crippen molar-refractivity contribution in [2.45, 2.75) is 10.8 Å². The number of rotatable bonds is 3. The van der Waals surface area contributed by atoms with E-state index >= 15 is 0 Å². The average molecular weight is 324 g/mol. The molecule has 20 heavy (non-hydrogen) atoms. The van der Waals surface area contributed by atoms with Gasteiger partial charge in [-0.2, -0.15) is 0 Å². The van der Waals surface area contributed by atoms with Crippen LogP contribution in [-0.2, 0) is 4.79 Å². The van der Waals surface area contributed by atoms with Crippen molar-refractivity contribution in [1.82, 2.24) is 4.90 Å². The molecule has 1 aromatic carbocycles. The molecule has 1 aliphatic heterocycles. The van der Waals surface area contributed by atoms with E-state index in [0.717, 1.165) is 17.9 Å².